The highest BCUT2D eigenvalue weighted by Gasteiger charge is 2.48. The summed E-state index contributed by atoms with van der Waals surface area (Å²) in [7, 11) is -2.96. The van der Waals surface area contributed by atoms with Crippen LogP contribution in [-0.4, -0.2) is 37.5 Å². The first-order valence-corrected chi connectivity index (χ1v) is 15.9. The first-order chi connectivity index (χ1) is 20.2. The van der Waals surface area contributed by atoms with Crippen LogP contribution in [0.2, 0.25) is 5.02 Å². The monoisotopic (exact) mass is 605 g/mol. The first-order valence-electron chi connectivity index (χ1n) is 13.8. The number of fused-ring (bicyclic) bond motifs is 1. The lowest BCUT2D eigenvalue weighted by Crippen LogP contribution is -2.27. The van der Waals surface area contributed by atoms with Gasteiger partial charge in [0.15, 0.2) is 6.16 Å². The van der Waals surface area contributed by atoms with Gasteiger partial charge in [0.1, 0.15) is 30.0 Å². The second kappa shape index (κ2) is 12.0. The molecule has 216 valence electrons. The summed E-state index contributed by atoms with van der Waals surface area (Å²) in [6, 6.07) is 22.8. The van der Waals surface area contributed by atoms with Crippen molar-refractivity contribution in [2.24, 2.45) is 0 Å². The second-order valence-electron chi connectivity index (χ2n) is 10.5. The highest BCUT2D eigenvalue weighted by atomic mass is 35.5. The minimum atomic E-state index is -2.96. The van der Waals surface area contributed by atoms with Gasteiger partial charge in [0, 0.05) is 35.5 Å². The van der Waals surface area contributed by atoms with Gasteiger partial charge in [-0.15, -0.1) is 0 Å². The third-order valence-electron chi connectivity index (χ3n) is 7.02. The van der Waals surface area contributed by atoms with Gasteiger partial charge in [0.2, 0.25) is 5.91 Å². The van der Waals surface area contributed by atoms with Crippen molar-refractivity contribution in [3.63, 3.8) is 0 Å². The molecule has 0 radical (unpaired) electrons. The highest BCUT2D eigenvalue weighted by molar-refractivity contribution is 7.59. The third kappa shape index (κ3) is 6.41. The molecule has 5 aromatic rings. The van der Waals surface area contributed by atoms with E-state index in [1.54, 1.807) is 23.0 Å². The Morgan fingerprint density at radius 3 is 2.50 bits per heavy atom. The lowest BCUT2D eigenvalue weighted by atomic mass is 10.1. The van der Waals surface area contributed by atoms with Crippen molar-refractivity contribution in [2.75, 3.05) is 5.32 Å². The maximum atomic E-state index is 12.9. The fraction of sp³-hybridized carbons (Fsp3) is 0.258. The summed E-state index contributed by atoms with van der Waals surface area (Å²) in [4.78, 5) is 33.0. The second-order valence-corrected chi connectivity index (χ2v) is 12.9. The molecule has 1 fully saturated rings. The number of hydrogen-bond acceptors (Lipinski definition) is 7. The molecule has 6 rings (SSSR count). The molecule has 42 heavy (non-hydrogen) atoms. The van der Waals surface area contributed by atoms with Crippen LogP contribution < -0.4 is 5.32 Å². The third-order valence-corrected chi connectivity index (χ3v) is 9.41. The standard InChI is InChI=1S/C31H30ClN4O5P/c1-20-17-21(2)41-42(38,40-20)18-22-7-13-25(14-8-22)34-29(37)16-15-28-30(23-9-11-24(32)12-10-23)35-31(39-28)36-19-33-26-5-3-4-6-27(26)36/h3-14,19-21,38H,15-18H2,1-2H3/p+1. The van der Waals surface area contributed by atoms with Gasteiger partial charge in [-0.3, -0.25) is 9.36 Å². The predicted octanol–water partition coefficient (Wildman–Crippen LogP) is 7.37. The van der Waals surface area contributed by atoms with Gasteiger partial charge < -0.3 is 9.73 Å². The number of halogens is 1. The van der Waals surface area contributed by atoms with Crippen LogP contribution in [0.15, 0.2) is 83.5 Å². The van der Waals surface area contributed by atoms with E-state index in [1.807, 2.05) is 74.5 Å². The van der Waals surface area contributed by atoms with Crippen LogP contribution in [-0.2, 0) is 26.4 Å². The summed E-state index contributed by atoms with van der Waals surface area (Å²) >= 11 is 6.11. The Labute approximate surface area is 249 Å². The number of amides is 1. The van der Waals surface area contributed by atoms with E-state index in [1.165, 1.54) is 0 Å². The molecule has 2 atom stereocenters. The molecule has 2 aromatic heterocycles. The van der Waals surface area contributed by atoms with Crippen molar-refractivity contribution in [3.8, 4) is 17.3 Å². The zero-order valence-corrected chi connectivity index (χ0v) is 24.9. The Morgan fingerprint density at radius 2 is 1.76 bits per heavy atom. The van der Waals surface area contributed by atoms with Crippen LogP contribution in [0, 0.1) is 0 Å². The number of oxazole rings is 1. The van der Waals surface area contributed by atoms with Crippen molar-refractivity contribution in [1.29, 1.82) is 0 Å². The molecule has 1 aliphatic rings. The Kier molecular flexibility index (Phi) is 8.12. The van der Waals surface area contributed by atoms with Gasteiger partial charge >= 0.3 is 14.0 Å². The number of hydrogen-bond donors (Lipinski definition) is 2. The summed E-state index contributed by atoms with van der Waals surface area (Å²) in [5, 5.41) is 3.56. The van der Waals surface area contributed by atoms with E-state index in [0.717, 1.165) is 28.6 Å². The van der Waals surface area contributed by atoms with Crippen molar-refractivity contribution in [2.45, 2.75) is 51.5 Å². The Morgan fingerprint density at radius 1 is 1.05 bits per heavy atom. The lowest BCUT2D eigenvalue weighted by molar-refractivity contribution is -0.116. The Balaban J connectivity index is 1.15. The summed E-state index contributed by atoms with van der Waals surface area (Å²) in [5.41, 5.74) is 4.71. The van der Waals surface area contributed by atoms with Crippen molar-refractivity contribution < 1.29 is 23.2 Å². The van der Waals surface area contributed by atoms with E-state index in [0.29, 0.717) is 40.8 Å². The van der Waals surface area contributed by atoms with Crippen LogP contribution in [0.25, 0.3) is 28.3 Å². The van der Waals surface area contributed by atoms with Crippen LogP contribution in [0.1, 0.15) is 38.0 Å². The highest BCUT2D eigenvalue weighted by Crippen LogP contribution is 2.64. The number of benzene rings is 3. The fourth-order valence-corrected chi connectivity index (χ4v) is 7.44. The summed E-state index contributed by atoms with van der Waals surface area (Å²) in [6.45, 7) is 3.89. The number of carbonyl (C=O) groups excluding carboxylic acids is 1. The molecular weight excluding hydrogens is 575 g/mol. The molecule has 0 saturated carbocycles. The van der Waals surface area contributed by atoms with Crippen LogP contribution in [0.4, 0.5) is 5.69 Å². The van der Waals surface area contributed by atoms with Gasteiger partial charge in [0.25, 0.3) is 0 Å². The smallest absolute Gasteiger partial charge is 0.414 e. The maximum Gasteiger partial charge on any atom is 0.414 e. The average Bonchev–Trinajstić information content (AvgIpc) is 3.57. The molecule has 2 N–H and O–H groups in total. The van der Waals surface area contributed by atoms with Crippen LogP contribution in [0.3, 0.4) is 0 Å². The number of imidazole rings is 1. The zero-order chi connectivity index (χ0) is 29.3. The fourth-order valence-electron chi connectivity index (χ4n) is 5.15. The number of rotatable bonds is 8. The largest absolute Gasteiger partial charge is 0.427 e. The number of anilines is 1. The molecule has 0 spiro atoms. The van der Waals surface area contributed by atoms with Gasteiger partial charge in [-0.2, -0.15) is 18.9 Å². The SMILES string of the molecule is CC1CC(C)O[P+](O)(Cc2ccc(NC(=O)CCc3oc(-n4cnc5ccccc54)nc3-c3ccc(Cl)cc3)cc2)O1. The normalized spacial score (nSPS) is 20.6. The molecule has 1 aliphatic heterocycles. The minimum absolute atomic E-state index is 0.0504. The topological polar surface area (TPSA) is 112 Å². The van der Waals surface area contributed by atoms with Crippen molar-refractivity contribution in [1.82, 2.24) is 14.5 Å². The number of nitrogens with zero attached hydrogens (tertiary/aromatic N) is 3. The van der Waals surface area contributed by atoms with Gasteiger partial charge in [0.05, 0.1) is 11.0 Å². The average molecular weight is 606 g/mol. The molecule has 1 saturated heterocycles. The van der Waals surface area contributed by atoms with Crippen LogP contribution >= 0.6 is 19.5 Å². The lowest BCUT2D eigenvalue weighted by Gasteiger charge is -2.29. The predicted molar refractivity (Wildman–Crippen MR) is 164 cm³/mol. The van der Waals surface area contributed by atoms with E-state index < -0.39 is 7.94 Å². The summed E-state index contributed by atoms with van der Waals surface area (Å²) in [5.74, 6) is 0.423. The number of aromatic nitrogens is 3. The Hall–Kier alpha value is -3.59. The molecule has 2 unspecified atom stereocenters. The minimum Gasteiger partial charge on any atom is -0.427 e. The number of nitrogens with one attached hydrogen (secondary N) is 1. The summed E-state index contributed by atoms with van der Waals surface area (Å²) in [6.07, 6.45) is 3.15. The zero-order valence-electron chi connectivity index (χ0n) is 23.2. The van der Waals surface area contributed by atoms with Gasteiger partial charge in [-0.05, 0) is 55.8 Å². The molecular formula is C31H31ClN4O5P+. The molecule has 3 heterocycles. The number of para-hydroxylation sites is 2. The molecule has 0 aliphatic carbocycles. The molecule has 0 bridgehead atoms. The van der Waals surface area contributed by atoms with E-state index in [2.05, 4.69) is 10.3 Å². The quantitative estimate of drug-likeness (QED) is 0.178. The molecule has 9 nitrogen and oxygen atoms in total. The number of aryl methyl sites for hydroxylation is 1. The number of carbonyl (C=O) groups is 1. The van der Waals surface area contributed by atoms with E-state index >= 15 is 0 Å². The summed E-state index contributed by atoms with van der Waals surface area (Å²) < 4.78 is 19.5. The van der Waals surface area contributed by atoms with Crippen molar-refractivity contribution >= 4 is 42.2 Å². The van der Waals surface area contributed by atoms with E-state index in [9.17, 15) is 9.69 Å². The molecule has 11 heteroatoms. The maximum absolute atomic E-state index is 12.9. The van der Waals surface area contributed by atoms with E-state index in [-0.39, 0.29) is 24.5 Å². The van der Waals surface area contributed by atoms with Crippen LogP contribution in [0.5, 0.6) is 0 Å². The first kappa shape index (κ1) is 28.5. The van der Waals surface area contributed by atoms with Gasteiger partial charge in [-0.1, -0.05) is 48.0 Å². The Bertz CT molecular complexity index is 1690. The molecule has 3 aromatic carbocycles. The van der Waals surface area contributed by atoms with Crippen molar-refractivity contribution in [3.05, 3.63) is 95.5 Å². The molecule has 1 amide bonds. The van der Waals surface area contributed by atoms with Gasteiger partial charge in [-0.25, -0.2) is 4.98 Å². The van der Waals surface area contributed by atoms with E-state index in [4.69, 9.17) is 30.0 Å².